The number of hydrogen-bond donors (Lipinski definition) is 2. The molecule has 0 bridgehead atoms. The molecule has 3 aromatic heterocycles. The van der Waals surface area contributed by atoms with Crippen LogP contribution in [0.5, 0.6) is 0 Å². The number of amides is 2. The van der Waals surface area contributed by atoms with Gasteiger partial charge in [0.05, 0.1) is 5.56 Å². The second-order valence-corrected chi connectivity index (χ2v) is 13.5. The average Bonchev–Trinajstić information content (AvgIpc) is 3.17. The molecule has 0 spiro atoms. The van der Waals surface area contributed by atoms with E-state index in [0.717, 1.165) is 80.9 Å². The predicted molar refractivity (Wildman–Crippen MR) is 197 cm³/mol. The van der Waals surface area contributed by atoms with Gasteiger partial charge in [0.1, 0.15) is 11.6 Å². The van der Waals surface area contributed by atoms with E-state index >= 15 is 4.39 Å². The Morgan fingerprint density at radius 1 is 0.745 bits per heavy atom. The number of piperidine rings is 2. The van der Waals surface area contributed by atoms with Gasteiger partial charge in [0, 0.05) is 109 Å². The second kappa shape index (κ2) is 15.8. The maximum absolute atomic E-state index is 15.3. The summed E-state index contributed by atoms with van der Waals surface area (Å²) < 4.78 is 15.3. The number of halogens is 2. The number of anilines is 1. The lowest BCUT2D eigenvalue weighted by molar-refractivity contribution is 0.0905. The zero-order chi connectivity index (χ0) is 35.2. The van der Waals surface area contributed by atoms with Gasteiger partial charge in [0.2, 0.25) is 0 Å². The number of likely N-dealkylation sites (tertiary alicyclic amines) is 1. The molecule has 2 aliphatic rings. The highest BCUT2D eigenvalue weighted by Crippen LogP contribution is 2.29. The lowest BCUT2D eigenvalue weighted by atomic mass is 10.0. The largest absolute Gasteiger partial charge is 0.356 e. The number of carbonyl (C=O) groups is 2. The Morgan fingerprint density at radius 3 is 2.06 bits per heavy atom. The van der Waals surface area contributed by atoms with Gasteiger partial charge >= 0.3 is 0 Å². The normalized spacial score (nSPS) is 15.8. The van der Waals surface area contributed by atoms with Crippen LogP contribution in [0.4, 0.5) is 10.2 Å². The summed E-state index contributed by atoms with van der Waals surface area (Å²) in [5.74, 6) is -0.121. The van der Waals surface area contributed by atoms with Crippen molar-refractivity contribution in [2.75, 3.05) is 31.1 Å². The molecule has 0 atom stereocenters. The van der Waals surface area contributed by atoms with E-state index in [-0.39, 0.29) is 23.6 Å². The summed E-state index contributed by atoms with van der Waals surface area (Å²) >= 11 is 6.42. The quantitative estimate of drug-likeness (QED) is 0.174. The average molecular weight is 704 g/mol. The van der Waals surface area contributed by atoms with Crippen molar-refractivity contribution < 1.29 is 14.0 Å². The molecule has 260 valence electrons. The van der Waals surface area contributed by atoms with E-state index in [1.165, 1.54) is 6.07 Å². The van der Waals surface area contributed by atoms with Gasteiger partial charge in [-0.05, 0) is 73.7 Å². The number of hydrogen-bond acceptors (Lipinski definition) is 7. The Hall–Kier alpha value is -5.19. The van der Waals surface area contributed by atoms with Crippen LogP contribution in [0.3, 0.4) is 0 Å². The fourth-order valence-electron chi connectivity index (χ4n) is 6.84. The van der Waals surface area contributed by atoms with Gasteiger partial charge in [-0.3, -0.25) is 24.5 Å². The Balaban J connectivity index is 0.856. The molecule has 5 heterocycles. The Morgan fingerprint density at radius 2 is 1.41 bits per heavy atom. The molecule has 2 aliphatic heterocycles. The minimum absolute atomic E-state index is 0.0405. The van der Waals surface area contributed by atoms with Gasteiger partial charge in [0.25, 0.3) is 11.8 Å². The number of pyridine rings is 3. The van der Waals surface area contributed by atoms with E-state index in [9.17, 15) is 9.59 Å². The molecule has 2 aromatic carbocycles. The summed E-state index contributed by atoms with van der Waals surface area (Å²) in [5, 5.41) is 6.83. The summed E-state index contributed by atoms with van der Waals surface area (Å²) in [6.07, 6.45) is 11.8. The first kappa shape index (κ1) is 34.3. The van der Waals surface area contributed by atoms with Crippen LogP contribution >= 0.6 is 11.6 Å². The molecule has 2 fully saturated rings. The summed E-state index contributed by atoms with van der Waals surface area (Å²) in [5.41, 5.74) is 4.42. The molecule has 9 nitrogen and oxygen atoms in total. The molecular formula is C40H39ClFN7O2. The van der Waals surface area contributed by atoms with Crippen molar-refractivity contribution in [3.8, 4) is 22.3 Å². The predicted octanol–water partition coefficient (Wildman–Crippen LogP) is 6.79. The number of rotatable bonds is 9. The number of benzene rings is 2. The van der Waals surface area contributed by atoms with E-state index in [4.69, 9.17) is 16.6 Å². The maximum atomic E-state index is 15.3. The van der Waals surface area contributed by atoms with Crippen LogP contribution < -0.4 is 15.5 Å². The minimum Gasteiger partial charge on any atom is -0.356 e. The second-order valence-electron chi connectivity index (χ2n) is 13.1. The van der Waals surface area contributed by atoms with Crippen LogP contribution in [-0.2, 0) is 6.54 Å². The van der Waals surface area contributed by atoms with Gasteiger partial charge in [-0.1, -0.05) is 41.9 Å². The van der Waals surface area contributed by atoms with E-state index in [1.807, 2.05) is 24.4 Å². The molecule has 51 heavy (non-hydrogen) atoms. The number of carbonyl (C=O) groups excluding carboxylic acids is 2. The molecule has 2 N–H and O–H groups in total. The van der Waals surface area contributed by atoms with Crippen LogP contribution in [0.2, 0.25) is 5.02 Å². The zero-order valence-corrected chi connectivity index (χ0v) is 28.9. The molecule has 2 saturated heterocycles. The van der Waals surface area contributed by atoms with E-state index < -0.39 is 11.7 Å². The van der Waals surface area contributed by atoms with E-state index in [0.29, 0.717) is 21.7 Å². The molecule has 11 heteroatoms. The van der Waals surface area contributed by atoms with Crippen LogP contribution in [0.1, 0.15) is 52.0 Å². The van der Waals surface area contributed by atoms with Crippen LogP contribution in [-0.4, -0.2) is 69.9 Å². The molecule has 0 radical (unpaired) electrons. The number of nitrogens with one attached hydrogen (secondary N) is 2. The summed E-state index contributed by atoms with van der Waals surface area (Å²) in [6.45, 7) is 4.05. The smallest absolute Gasteiger partial charge is 0.254 e. The monoisotopic (exact) mass is 703 g/mol. The summed E-state index contributed by atoms with van der Waals surface area (Å²) in [4.78, 5) is 43.8. The lowest BCUT2D eigenvalue weighted by Gasteiger charge is -2.34. The van der Waals surface area contributed by atoms with Crippen molar-refractivity contribution in [3.05, 3.63) is 131 Å². The topological polar surface area (TPSA) is 103 Å². The first-order valence-corrected chi connectivity index (χ1v) is 17.7. The highest BCUT2D eigenvalue weighted by Gasteiger charge is 2.25. The first-order valence-electron chi connectivity index (χ1n) is 17.3. The first-order chi connectivity index (χ1) is 24.9. The molecule has 0 unspecified atom stereocenters. The van der Waals surface area contributed by atoms with Crippen molar-refractivity contribution in [3.63, 3.8) is 0 Å². The highest BCUT2D eigenvalue weighted by molar-refractivity contribution is 6.33. The Kier molecular flexibility index (Phi) is 10.6. The minimum atomic E-state index is -0.536. The Labute approximate surface area is 301 Å². The van der Waals surface area contributed by atoms with Crippen LogP contribution in [0.15, 0.2) is 104 Å². The standard InChI is InChI=1S/C40H39ClFN7O2/c41-36-10-9-28(22-35(36)30-5-3-17-44-25-30)39(50)46-31-12-18-48(19-13-31)26-27-8-11-37(45-23-27)49-20-14-32(15-21-49)47-40(51)34-7-1-6-33(38(34)42)29-4-2-16-43-24-29/h1-11,16-17,22-25,31-32H,12-15,18-21,26H2,(H,46,50)(H,47,51). The third-order valence-electron chi connectivity index (χ3n) is 9.71. The molecule has 7 rings (SSSR count). The molecule has 0 saturated carbocycles. The third kappa shape index (κ3) is 8.24. The van der Waals surface area contributed by atoms with Gasteiger partial charge in [-0.25, -0.2) is 9.37 Å². The molecule has 2 amide bonds. The molecule has 0 aliphatic carbocycles. The van der Waals surface area contributed by atoms with Gasteiger partial charge in [0.15, 0.2) is 0 Å². The van der Waals surface area contributed by atoms with Crippen LogP contribution in [0.25, 0.3) is 22.3 Å². The molecule has 5 aromatic rings. The van der Waals surface area contributed by atoms with Gasteiger partial charge in [-0.15, -0.1) is 0 Å². The number of aromatic nitrogens is 3. The van der Waals surface area contributed by atoms with Crippen molar-refractivity contribution in [2.45, 2.75) is 44.3 Å². The highest BCUT2D eigenvalue weighted by atomic mass is 35.5. The van der Waals surface area contributed by atoms with Gasteiger partial charge < -0.3 is 15.5 Å². The third-order valence-corrected chi connectivity index (χ3v) is 10.0. The van der Waals surface area contributed by atoms with E-state index in [1.54, 1.807) is 61.2 Å². The molecular weight excluding hydrogens is 665 g/mol. The van der Waals surface area contributed by atoms with Gasteiger partial charge in [-0.2, -0.15) is 0 Å². The summed E-state index contributed by atoms with van der Waals surface area (Å²) in [6, 6.07) is 21.8. The Bertz CT molecular complexity index is 1970. The van der Waals surface area contributed by atoms with Crippen LogP contribution in [0, 0.1) is 5.82 Å². The van der Waals surface area contributed by atoms with Crippen molar-refractivity contribution in [1.29, 1.82) is 0 Å². The van der Waals surface area contributed by atoms with Crippen molar-refractivity contribution in [1.82, 2.24) is 30.5 Å². The fourth-order valence-corrected chi connectivity index (χ4v) is 7.06. The van der Waals surface area contributed by atoms with E-state index in [2.05, 4.69) is 42.5 Å². The summed E-state index contributed by atoms with van der Waals surface area (Å²) in [7, 11) is 0. The number of nitrogens with zero attached hydrogens (tertiary/aromatic N) is 5. The maximum Gasteiger partial charge on any atom is 0.254 e. The van der Waals surface area contributed by atoms with Crippen molar-refractivity contribution in [2.24, 2.45) is 0 Å². The van der Waals surface area contributed by atoms with Crippen molar-refractivity contribution >= 4 is 29.2 Å². The SMILES string of the molecule is O=C(NC1CCN(Cc2ccc(N3CCC(NC(=O)c4cccc(-c5cccnc5)c4F)CC3)nc2)CC1)c1ccc(Cl)c(-c2cccnc2)c1. The lowest BCUT2D eigenvalue weighted by Crippen LogP contribution is -2.45. The zero-order valence-electron chi connectivity index (χ0n) is 28.1. The fraction of sp³-hybridized carbons (Fsp3) is 0.275.